The molecule has 0 saturated carbocycles. The van der Waals surface area contributed by atoms with Crippen LogP contribution in [0.2, 0.25) is 0 Å². The molecule has 0 fully saturated rings. The second kappa shape index (κ2) is 4.75. The molecule has 0 aliphatic rings. The van der Waals surface area contributed by atoms with Crippen molar-refractivity contribution in [1.29, 1.82) is 0 Å². The van der Waals surface area contributed by atoms with Gasteiger partial charge in [-0.25, -0.2) is 4.98 Å². The number of rotatable bonds is 4. The second-order valence-electron chi connectivity index (χ2n) is 3.41. The topological polar surface area (TPSA) is 37.9 Å². The molecule has 0 amide bonds. The summed E-state index contributed by atoms with van der Waals surface area (Å²) in [6.45, 7) is 2.60. The van der Waals surface area contributed by atoms with Crippen molar-refractivity contribution < 1.29 is 4.74 Å². The summed E-state index contributed by atoms with van der Waals surface area (Å²) in [5.74, 6) is 0.867. The smallest absolute Gasteiger partial charge is 0.135 e. The summed E-state index contributed by atoms with van der Waals surface area (Å²) in [7, 11) is 0. The Morgan fingerprint density at radius 3 is 2.80 bits per heavy atom. The zero-order valence-corrected chi connectivity index (χ0v) is 8.68. The van der Waals surface area contributed by atoms with Gasteiger partial charge in [-0.3, -0.25) is 0 Å². The molecule has 0 spiro atoms. The highest BCUT2D eigenvalue weighted by molar-refractivity contribution is 5.13. The molecule has 2 rings (SSSR count). The summed E-state index contributed by atoms with van der Waals surface area (Å²) >= 11 is 0. The molecular weight excluding hydrogens is 188 g/mol. The largest absolute Gasteiger partial charge is 0.366 e. The van der Waals surface area contributed by atoms with Gasteiger partial charge in [0.15, 0.2) is 0 Å². The third-order valence-electron chi connectivity index (χ3n) is 2.25. The maximum atomic E-state index is 5.68. The molecule has 1 atom stereocenters. The van der Waals surface area contributed by atoms with Crippen molar-refractivity contribution >= 4 is 0 Å². The number of aromatic amines is 1. The van der Waals surface area contributed by atoms with Crippen LogP contribution in [-0.2, 0) is 11.3 Å². The second-order valence-corrected chi connectivity index (χ2v) is 3.41. The Balaban J connectivity index is 1.89. The van der Waals surface area contributed by atoms with Crippen molar-refractivity contribution in [2.24, 2.45) is 0 Å². The van der Waals surface area contributed by atoms with Gasteiger partial charge in [-0.1, -0.05) is 30.3 Å². The standard InChI is InChI=1S/C12H14N2O/c1-10(12-13-7-8-14-12)15-9-11-5-3-2-4-6-11/h2-8,10H,9H2,1H3,(H,13,14). The van der Waals surface area contributed by atoms with Crippen molar-refractivity contribution in [3.63, 3.8) is 0 Å². The Kier molecular flexibility index (Phi) is 3.15. The van der Waals surface area contributed by atoms with E-state index in [1.807, 2.05) is 25.1 Å². The normalized spacial score (nSPS) is 12.6. The minimum absolute atomic E-state index is 0.000191. The molecule has 0 aliphatic heterocycles. The van der Waals surface area contributed by atoms with E-state index in [-0.39, 0.29) is 6.10 Å². The lowest BCUT2D eigenvalue weighted by Gasteiger charge is -2.10. The zero-order valence-electron chi connectivity index (χ0n) is 8.68. The van der Waals surface area contributed by atoms with E-state index in [0.717, 1.165) is 5.82 Å². The molecule has 1 aromatic heterocycles. The number of imidazole rings is 1. The van der Waals surface area contributed by atoms with Crippen LogP contribution in [0.4, 0.5) is 0 Å². The highest BCUT2D eigenvalue weighted by Gasteiger charge is 2.07. The molecule has 2 aromatic rings. The number of nitrogens with one attached hydrogen (secondary N) is 1. The maximum Gasteiger partial charge on any atom is 0.135 e. The van der Waals surface area contributed by atoms with Gasteiger partial charge in [0.2, 0.25) is 0 Å². The first-order chi connectivity index (χ1) is 7.36. The van der Waals surface area contributed by atoms with Crippen LogP contribution in [0.3, 0.4) is 0 Å². The van der Waals surface area contributed by atoms with Gasteiger partial charge in [-0.05, 0) is 12.5 Å². The Bertz CT molecular complexity index is 383. The molecule has 0 saturated heterocycles. The van der Waals surface area contributed by atoms with E-state index in [0.29, 0.717) is 6.61 Å². The fourth-order valence-corrected chi connectivity index (χ4v) is 1.37. The molecule has 1 heterocycles. The molecule has 78 valence electrons. The minimum Gasteiger partial charge on any atom is -0.366 e. The summed E-state index contributed by atoms with van der Waals surface area (Å²) in [6.07, 6.45) is 3.54. The van der Waals surface area contributed by atoms with Crippen LogP contribution in [0.5, 0.6) is 0 Å². The highest BCUT2D eigenvalue weighted by atomic mass is 16.5. The van der Waals surface area contributed by atoms with Crippen molar-refractivity contribution in [3.05, 3.63) is 54.1 Å². The predicted octanol–water partition coefficient (Wildman–Crippen LogP) is 2.69. The van der Waals surface area contributed by atoms with Crippen LogP contribution in [0.25, 0.3) is 0 Å². The van der Waals surface area contributed by atoms with E-state index in [1.54, 1.807) is 12.4 Å². The molecule has 3 nitrogen and oxygen atoms in total. The molecule has 0 radical (unpaired) electrons. The third-order valence-corrected chi connectivity index (χ3v) is 2.25. The van der Waals surface area contributed by atoms with Crippen molar-refractivity contribution in [1.82, 2.24) is 9.97 Å². The minimum atomic E-state index is 0.000191. The SMILES string of the molecule is CC(OCc1ccccc1)c1ncc[nH]1. The van der Waals surface area contributed by atoms with Crippen LogP contribution in [0.15, 0.2) is 42.7 Å². The van der Waals surface area contributed by atoms with Crippen LogP contribution in [0.1, 0.15) is 24.4 Å². The Morgan fingerprint density at radius 1 is 1.33 bits per heavy atom. The Labute approximate surface area is 89.1 Å². The van der Waals surface area contributed by atoms with E-state index in [1.165, 1.54) is 5.56 Å². The molecule has 0 bridgehead atoms. The molecule has 1 aromatic carbocycles. The first-order valence-corrected chi connectivity index (χ1v) is 5.01. The molecule has 15 heavy (non-hydrogen) atoms. The predicted molar refractivity (Wildman–Crippen MR) is 58.2 cm³/mol. The Hall–Kier alpha value is -1.61. The van der Waals surface area contributed by atoms with Gasteiger partial charge in [0.25, 0.3) is 0 Å². The first kappa shape index (κ1) is 9.93. The van der Waals surface area contributed by atoms with Crippen molar-refractivity contribution in [3.8, 4) is 0 Å². The maximum absolute atomic E-state index is 5.68. The summed E-state index contributed by atoms with van der Waals surface area (Å²) < 4.78 is 5.68. The van der Waals surface area contributed by atoms with E-state index < -0.39 is 0 Å². The number of ether oxygens (including phenoxy) is 1. The fraction of sp³-hybridized carbons (Fsp3) is 0.250. The van der Waals surface area contributed by atoms with E-state index in [4.69, 9.17) is 4.74 Å². The van der Waals surface area contributed by atoms with E-state index >= 15 is 0 Å². The molecule has 0 aliphatic carbocycles. The summed E-state index contributed by atoms with van der Waals surface area (Å²) in [5.41, 5.74) is 1.18. The number of aromatic nitrogens is 2. The van der Waals surface area contributed by atoms with Gasteiger partial charge in [0.05, 0.1) is 6.61 Å². The summed E-state index contributed by atoms with van der Waals surface area (Å²) in [4.78, 5) is 7.18. The van der Waals surface area contributed by atoms with E-state index in [2.05, 4.69) is 22.1 Å². The van der Waals surface area contributed by atoms with Gasteiger partial charge in [-0.2, -0.15) is 0 Å². The van der Waals surface area contributed by atoms with Crippen LogP contribution < -0.4 is 0 Å². The lowest BCUT2D eigenvalue weighted by atomic mass is 10.2. The quantitative estimate of drug-likeness (QED) is 0.827. The lowest BCUT2D eigenvalue weighted by Crippen LogP contribution is -2.02. The molecule has 3 heteroatoms. The fourth-order valence-electron chi connectivity index (χ4n) is 1.37. The Morgan fingerprint density at radius 2 is 2.13 bits per heavy atom. The number of benzene rings is 1. The number of hydrogen-bond acceptors (Lipinski definition) is 2. The zero-order chi connectivity index (χ0) is 10.5. The highest BCUT2D eigenvalue weighted by Crippen LogP contribution is 2.13. The summed E-state index contributed by atoms with van der Waals surface area (Å²) in [5, 5.41) is 0. The first-order valence-electron chi connectivity index (χ1n) is 5.01. The van der Waals surface area contributed by atoms with Crippen molar-refractivity contribution in [2.45, 2.75) is 19.6 Å². The summed E-state index contributed by atoms with van der Waals surface area (Å²) in [6, 6.07) is 10.1. The van der Waals surface area contributed by atoms with Gasteiger partial charge in [0, 0.05) is 12.4 Å². The van der Waals surface area contributed by atoms with Gasteiger partial charge in [0.1, 0.15) is 11.9 Å². The molecule has 1 N–H and O–H groups in total. The number of hydrogen-bond donors (Lipinski definition) is 1. The van der Waals surface area contributed by atoms with Crippen LogP contribution >= 0.6 is 0 Å². The van der Waals surface area contributed by atoms with Crippen LogP contribution in [0, 0.1) is 0 Å². The van der Waals surface area contributed by atoms with Crippen LogP contribution in [-0.4, -0.2) is 9.97 Å². The monoisotopic (exact) mass is 202 g/mol. The third kappa shape index (κ3) is 2.67. The van der Waals surface area contributed by atoms with Gasteiger partial charge >= 0.3 is 0 Å². The lowest BCUT2D eigenvalue weighted by molar-refractivity contribution is 0.0473. The molecule has 1 unspecified atom stereocenters. The van der Waals surface area contributed by atoms with Gasteiger partial charge < -0.3 is 9.72 Å². The average Bonchev–Trinajstić information content (AvgIpc) is 2.81. The number of H-pyrrole nitrogens is 1. The number of nitrogens with zero attached hydrogens (tertiary/aromatic N) is 1. The van der Waals surface area contributed by atoms with E-state index in [9.17, 15) is 0 Å². The van der Waals surface area contributed by atoms with Crippen molar-refractivity contribution in [2.75, 3.05) is 0 Å². The van der Waals surface area contributed by atoms with Gasteiger partial charge in [-0.15, -0.1) is 0 Å². The average molecular weight is 202 g/mol. The molecular formula is C12H14N2O.